The smallest absolute Gasteiger partial charge is 0.229 e. The fourth-order valence-electron chi connectivity index (χ4n) is 11.3. The van der Waals surface area contributed by atoms with Gasteiger partial charge in [0.25, 0.3) is 0 Å². The molecule has 22 nitrogen and oxygen atoms in total. The number of rotatable bonds is 28. The summed E-state index contributed by atoms with van der Waals surface area (Å²) >= 11 is 5.97. The molecule has 23 heteroatoms. The molecule has 4 heterocycles. The van der Waals surface area contributed by atoms with E-state index in [1.54, 1.807) is 6.92 Å². The molecule has 5 amide bonds. The van der Waals surface area contributed by atoms with Gasteiger partial charge in [0.05, 0.1) is 23.2 Å². The number of nitrogens with one attached hydrogen (secondary N) is 6. The minimum Gasteiger partial charge on any atom is -0.445 e. The number of carbonyl (C=O) groups is 5. The summed E-state index contributed by atoms with van der Waals surface area (Å²) in [5.74, 6) is 14.9. The van der Waals surface area contributed by atoms with E-state index in [9.17, 15) is 29.1 Å². The molecule has 0 aliphatic heterocycles. The number of aliphatic hydroxyl groups excluding tert-OH is 1. The maximum Gasteiger partial charge on any atom is 0.229 e. The first-order valence-corrected chi connectivity index (χ1v) is 43.3. The molecule has 112 heavy (non-hydrogen) atoms. The quantitative estimate of drug-likeness (QED) is 0.0260. The van der Waals surface area contributed by atoms with Gasteiger partial charge in [-0.2, -0.15) is 10.1 Å². The summed E-state index contributed by atoms with van der Waals surface area (Å²) in [6.07, 6.45) is 7.35. The molecule has 0 unspecified atom stereocenters. The van der Waals surface area contributed by atoms with Crippen LogP contribution in [-0.4, -0.2) is 117 Å². The molecule has 0 spiro atoms. The number of aryl methyl sites for hydroxylation is 1. The summed E-state index contributed by atoms with van der Waals surface area (Å²) in [6.45, 7) is 83.3. The average Bonchev–Trinajstić information content (AvgIpc) is 1.70. The fourth-order valence-corrected chi connectivity index (χ4v) is 11.6. The number of oxazole rings is 1. The van der Waals surface area contributed by atoms with Crippen molar-refractivity contribution in [2.45, 2.75) is 411 Å². The summed E-state index contributed by atoms with van der Waals surface area (Å²) in [5, 5.41) is 43.3. The summed E-state index contributed by atoms with van der Waals surface area (Å²) in [4.78, 5) is 70.4. The second-order valence-corrected chi connectivity index (χ2v) is 37.7. The molecule has 0 bridgehead atoms. The molecule has 652 valence electrons. The van der Waals surface area contributed by atoms with Crippen molar-refractivity contribution in [3.8, 4) is 0 Å². The molecule has 2 fully saturated rings. The number of carbonyl (C=O) groups excluding carboxylic acids is 5. The number of aromatic amines is 1. The van der Waals surface area contributed by atoms with Gasteiger partial charge in [0.2, 0.25) is 47.2 Å². The number of halogens is 1. The van der Waals surface area contributed by atoms with Crippen molar-refractivity contribution < 1.29 is 42.4 Å². The third-order valence-corrected chi connectivity index (χ3v) is 19.2. The first-order chi connectivity index (χ1) is 51.5. The van der Waals surface area contributed by atoms with Crippen molar-refractivity contribution in [2.24, 2.45) is 76.9 Å². The minimum atomic E-state index is -0.498. The number of alkyl halides is 1. The zero-order valence-corrected chi connectivity index (χ0v) is 79.4. The van der Waals surface area contributed by atoms with Crippen molar-refractivity contribution >= 4 is 41.1 Å². The van der Waals surface area contributed by atoms with Crippen LogP contribution in [-0.2, 0) is 24.0 Å². The van der Waals surface area contributed by atoms with E-state index in [1.165, 1.54) is 38.5 Å². The molecule has 2 aliphatic rings. The lowest BCUT2D eigenvalue weighted by Crippen LogP contribution is -2.46. The summed E-state index contributed by atoms with van der Waals surface area (Å²) in [7, 11) is 0. The Balaban J connectivity index is -0.00000119. The van der Waals surface area contributed by atoms with Crippen LogP contribution in [0.1, 0.15) is 415 Å². The molecule has 2 saturated carbocycles. The second kappa shape index (κ2) is 56.5. The Morgan fingerprint density at radius 3 is 0.938 bits per heavy atom. The largest absolute Gasteiger partial charge is 0.445 e. The third-order valence-electron chi connectivity index (χ3n) is 18.9. The molecule has 0 aromatic carbocycles. The van der Waals surface area contributed by atoms with Crippen LogP contribution < -0.4 is 26.6 Å². The Labute approximate surface area is 688 Å². The molecule has 0 saturated heterocycles. The number of aromatic nitrogens is 8. The highest BCUT2D eigenvalue weighted by atomic mass is 35.5. The standard InChI is InChI=1S/C13H25NO.C11H21NO.C11H23NO.C10H20ClNO.C10H21NO2.C10H17NO.C8H15N3.2C8H14N2O/c1-9(2)12(11-7-5-6-8-11)14-13(15)10(3)4;1-7(2)10(9-5-6-9)12-11(13)8(3)4;1-7(2)10(8(3)4)12-11(13)9(5)6;1-6(2)9(8(5)11)12-10(13)7(3)4;1-6(2)9(8(5)12)11-10(13)7(3)4;1-6(2)9-8(5)12-10(11-9)7(3)4;1-5(2)7-9-8(6(3)4)11-10-7;1-5(2)7-9-10-8(11-7)6(3)4;1-5(2)7-9-8(6(3)4)11-10-7/h9-12H,5-8H2,1-4H3,(H,14,15);7-10H,5-6H2,1-4H3,(H,12,13);7-10H,1-6H3,(H,12,13);6-9H,1-5H3,(H,12,13);6-9,12H,1-5H3,(H,11,13);6-7H,1-5H3;5-6H,1-4H3,(H,9,10,11);2*5-6H,1-4H3/t12-;10-;;8-,9-;8-,9+;;;;/m00.01..../s1. The number of nitrogens with zero attached hydrogens (tertiary/aromatic N) is 7. The Bertz CT molecular complexity index is 2760. The lowest BCUT2D eigenvalue weighted by Gasteiger charge is -2.29. The van der Waals surface area contributed by atoms with Crippen LogP contribution >= 0.6 is 11.6 Å². The second-order valence-electron chi connectivity index (χ2n) is 37.0. The van der Waals surface area contributed by atoms with E-state index >= 15 is 0 Å². The first-order valence-electron chi connectivity index (χ1n) is 42.9. The van der Waals surface area contributed by atoms with E-state index in [4.69, 9.17) is 25.0 Å². The van der Waals surface area contributed by atoms with Gasteiger partial charge in [0, 0.05) is 95.2 Å². The van der Waals surface area contributed by atoms with Crippen LogP contribution in [0.25, 0.3) is 0 Å². The van der Waals surface area contributed by atoms with Crippen LogP contribution in [0.15, 0.2) is 13.4 Å². The van der Waals surface area contributed by atoms with Crippen LogP contribution in [0, 0.1) is 83.9 Å². The van der Waals surface area contributed by atoms with Crippen molar-refractivity contribution in [1.82, 2.24) is 67.1 Å². The van der Waals surface area contributed by atoms with Crippen molar-refractivity contribution in [2.75, 3.05) is 0 Å². The van der Waals surface area contributed by atoms with Gasteiger partial charge >= 0.3 is 0 Å². The SMILES string of the molecule is CC(C)C(=O)NC(C(C)C)C(C)C.CC(C)C(=O)N[C@@H](C(C)C)C1CC1.CC(C)C(=O)N[C@@H](C(C)C)C1CCCC1.CC(C)C(=O)N[C@@H](C(C)C)[C@@H](C)O.CC(C)C(=O)N[C@@H](C(C)C)[C@H](C)Cl.CC(C)c1n[nH]c(C(C)C)n1.CC(C)c1nnc(C(C)C)o1.CC(C)c1noc(C(C)C)n1.Cc1oc(C(C)C)nc1C(C)C. The van der Waals surface area contributed by atoms with Gasteiger partial charge in [0.15, 0.2) is 17.5 Å². The molecule has 6 rings (SSSR count). The van der Waals surface area contributed by atoms with Gasteiger partial charge in [0.1, 0.15) is 11.6 Å². The van der Waals surface area contributed by atoms with Crippen molar-refractivity contribution in [1.29, 1.82) is 0 Å². The Morgan fingerprint density at radius 1 is 0.375 bits per heavy atom. The average molecular weight is 1600 g/mol. The predicted octanol–water partition coefficient (Wildman–Crippen LogP) is 21.1. The van der Waals surface area contributed by atoms with E-state index in [0.717, 1.165) is 58.4 Å². The topological polar surface area (TPSA) is 311 Å². The summed E-state index contributed by atoms with van der Waals surface area (Å²) < 4.78 is 15.9. The number of amides is 5. The summed E-state index contributed by atoms with van der Waals surface area (Å²) in [6, 6.07) is 1.03. The van der Waals surface area contributed by atoms with E-state index < -0.39 is 6.10 Å². The minimum absolute atomic E-state index is 0.000370. The van der Waals surface area contributed by atoms with Crippen LogP contribution in [0.5, 0.6) is 0 Å². The van der Waals surface area contributed by atoms with Gasteiger partial charge in [-0.3, -0.25) is 29.1 Å². The number of aliphatic hydroxyl groups is 1. The van der Waals surface area contributed by atoms with Crippen molar-refractivity contribution in [3.05, 3.63) is 52.5 Å². The van der Waals surface area contributed by atoms with Gasteiger partial charge in [-0.1, -0.05) is 281 Å². The molecular weight excluding hydrogens is 1430 g/mol. The molecular formula is C89H170ClN13O9. The number of hydrogen-bond donors (Lipinski definition) is 7. The molecule has 0 radical (unpaired) electrons. The maximum absolute atomic E-state index is 11.7. The van der Waals surface area contributed by atoms with Crippen molar-refractivity contribution in [3.63, 3.8) is 0 Å². The zero-order chi connectivity index (χ0) is 87.8. The van der Waals surface area contributed by atoms with E-state index in [-0.39, 0.29) is 82.5 Å². The zero-order valence-electron chi connectivity index (χ0n) is 78.6. The van der Waals surface area contributed by atoms with Gasteiger partial charge in [-0.15, -0.1) is 21.8 Å². The van der Waals surface area contributed by atoms with Gasteiger partial charge < -0.3 is 45.0 Å². The highest BCUT2D eigenvalue weighted by Gasteiger charge is 2.35. The fraction of sp³-hybridized carbons (Fsp3) is 0.843. The maximum atomic E-state index is 11.7. The van der Waals surface area contributed by atoms with Crippen LogP contribution in [0.4, 0.5) is 0 Å². The molecule has 7 N–H and O–H groups in total. The molecule has 4 aromatic heterocycles. The highest BCUT2D eigenvalue weighted by molar-refractivity contribution is 6.21. The monoisotopic (exact) mass is 1600 g/mol. The van der Waals surface area contributed by atoms with Crippen LogP contribution in [0.3, 0.4) is 0 Å². The lowest BCUT2D eigenvalue weighted by atomic mass is 9.89. The van der Waals surface area contributed by atoms with E-state index in [2.05, 4.69) is 206 Å². The Kier molecular flexibility index (Phi) is 55.7. The normalized spacial score (nSPS) is 14.6. The summed E-state index contributed by atoms with van der Waals surface area (Å²) in [5.41, 5.74) is 1.10. The molecule has 4 aromatic rings. The third kappa shape index (κ3) is 46.1. The van der Waals surface area contributed by atoms with Gasteiger partial charge in [-0.05, 0) is 99.7 Å². The highest BCUT2D eigenvalue weighted by Crippen LogP contribution is 2.36. The lowest BCUT2D eigenvalue weighted by molar-refractivity contribution is -0.126. The van der Waals surface area contributed by atoms with Crippen LogP contribution in [0.2, 0.25) is 0 Å². The van der Waals surface area contributed by atoms with Gasteiger partial charge in [-0.25, -0.2) is 9.97 Å². The molecule has 6 atom stereocenters. The van der Waals surface area contributed by atoms with E-state index in [0.29, 0.717) is 101 Å². The van der Waals surface area contributed by atoms with E-state index in [1.807, 2.05) is 138 Å². The molecule has 2 aliphatic carbocycles. The predicted molar refractivity (Wildman–Crippen MR) is 463 cm³/mol. The Morgan fingerprint density at radius 2 is 0.714 bits per heavy atom. The Hall–Kier alpha value is -5.77. The number of hydrogen-bond acceptors (Lipinski definition) is 16. The first kappa shape index (κ1) is 110. The number of H-pyrrole nitrogens is 1.